The van der Waals surface area contributed by atoms with E-state index < -0.39 is 11.7 Å². The molecular formula is C14H18FN5O. The number of nitrogens with zero attached hydrogens (tertiary/aromatic N) is 3. The van der Waals surface area contributed by atoms with E-state index in [4.69, 9.17) is 0 Å². The van der Waals surface area contributed by atoms with Crippen molar-refractivity contribution in [1.82, 2.24) is 20.1 Å². The highest BCUT2D eigenvalue weighted by molar-refractivity contribution is 5.95. The summed E-state index contributed by atoms with van der Waals surface area (Å²) in [7, 11) is 1.84. The number of hydrogen-bond donors (Lipinski definition) is 2. The Morgan fingerprint density at radius 1 is 1.38 bits per heavy atom. The van der Waals surface area contributed by atoms with Crippen LogP contribution < -0.4 is 10.6 Å². The number of anilines is 1. The molecule has 112 valence electrons. The average molecular weight is 291 g/mol. The third-order valence-corrected chi connectivity index (χ3v) is 3.07. The van der Waals surface area contributed by atoms with Crippen LogP contribution in [0.25, 0.3) is 0 Å². The zero-order valence-electron chi connectivity index (χ0n) is 12.1. The SMILES string of the molecule is CCNc1nccc(C(=O)NCCc2ccnn2C)c1F. The maximum Gasteiger partial charge on any atom is 0.254 e. The first-order valence-electron chi connectivity index (χ1n) is 6.77. The largest absolute Gasteiger partial charge is 0.368 e. The fourth-order valence-electron chi connectivity index (χ4n) is 1.96. The van der Waals surface area contributed by atoms with Gasteiger partial charge in [-0.1, -0.05) is 0 Å². The fourth-order valence-corrected chi connectivity index (χ4v) is 1.96. The van der Waals surface area contributed by atoms with Crippen molar-refractivity contribution in [3.05, 3.63) is 41.6 Å². The van der Waals surface area contributed by atoms with Crippen molar-refractivity contribution in [3.8, 4) is 0 Å². The predicted octanol–water partition coefficient (Wildman–Crippen LogP) is 1.36. The fraction of sp³-hybridized carbons (Fsp3) is 0.357. The Morgan fingerprint density at radius 2 is 2.19 bits per heavy atom. The van der Waals surface area contributed by atoms with E-state index in [1.54, 1.807) is 10.9 Å². The molecule has 0 unspecified atom stereocenters. The van der Waals surface area contributed by atoms with Crippen LogP contribution >= 0.6 is 0 Å². The van der Waals surface area contributed by atoms with Crippen LogP contribution in [0.15, 0.2) is 24.5 Å². The molecule has 0 fully saturated rings. The van der Waals surface area contributed by atoms with Crippen LogP contribution in [0.4, 0.5) is 10.2 Å². The Balaban J connectivity index is 1.97. The monoisotopic (exact) mass is 291 g/mol. The molecule has 0 saturated heterocycles. The van der Waals surface area contributed by atoms with Crippen LogP contribution in [-0.2, 0) is 13.5 Å². The van der Waals surface area contributed by atoms with E-state index in [9.17, 15) is 9.18 Å². The maximum absolute atomic E-state index is 14.1. The number of aryl methyl sites for hydroxylation is 1. The Hall–Kier alpha value is -2.44. The quantitative estimate of drug-likeness (QED) is 0.843. The smallest absolute Gasteiger partial charge is 0.254 e. The summed E-state index contributed by atoms with van der Waals surface area (Å²) >= 11 is 0. The number of carbonyl (C=O) groups excluding carboxylic acids is 1. The standard InChI is InChI=1S/C14H18FN5O/c1-3-16-13-12(15)11(6-8-17-13)14(21)18-7-4-10-5-9-19-20(10)2/h5-6,8-9H,3-4,7H2,1-2H3,(H,16,17)(H,18,21). The minimum absolute atomic E-state index is 0.00837. The molecule has 0 spiro atoms. The second-order valence-corrected chi connectivity index (χ2v) is 4.50. The molecule has 2 rings (SSSR count). The molecule has 0 aliphatic heterocycles. The molecular weight excluding hydrogens is 273 g/mol. The highest BCUT2D eigenvalue weighted by atomic mass is 19.1. The average Bonchev–Trinajstić information content (AvgIpc) is 2.87. The molecule has 7 heteroatoms. The van der Waals surface area contributed by atoms with E-state index >= 15 is 0 Å². The second-order valence-electron chi connectivity index (χ2n) is 4.50. The zero-order chi connectivity index (χ0) is 15.2. The van der Waals surface area contributed by atoms with E-state index in [0.29, 0.717) is 19.5 Å². The number of pyridine rings is 1. The van der Waals surface area contributed by atoms with Gasteiger partial charge in [-0.15, -0.1) is 0 Å². The molecule has 0 bridgehead atoms. The summed E-state index contributed by atoms with van der Waals surface area (Å²) in [5.74, 6) is -0.981. The molecule has 0 aliphatic rings. The van der Waals surface area contributed by atoms with E-state index in [1.165, 1.54) is 12.3 Å². The summed E-state index contributed by atoms with van der Waals surface area (Å²) in [5, 5.41) is 9.52. The van der Waals surface area contributed by atoms with Gasteiger partial charge in [0.25, 0.3) is 5.91 Å². The number of amides is 1. The van der Waals surface area contributed by atoms with Crippen molar-refractivity contribution >= 4 is 11.7 Å². The Kier molecular flexibility index (Phi) is 4.86. The summed E-state index contributed by atoms with van der Waals surface area (Å²) < 4.78 is 15.8. The Bertz CT molecular complexity index is 626. The maximum atomic E-state index is 14.1. The molecule has 2 heterocycles. The first kappa shape index (κ1) is 15.0. The summed E-state index contributed by atoms with van der Waals surface area (Å²) in [6.07, 6.45) is 3.74. The molecule has 0 atom stereocenters. The van der Waals surface area contributed by atoms with Crippen molar-refractivity contribution in [2.45, 2.75) is 13.3 Å². The molecule has 0 aromatic carbocycles. The van der Waals surface area contributed by atoms with Crippen molar-refractivity contribution in [2.24, 2.45) is 7.05 Å². The molecule has 2 N–H and O–H groups in total. The molecule has 0 saturated carbocycles. The number of nitrogens with one attached hydrogen (secondary N) is 2. The van der Waals surface area contributed by atoms with Crippen molar-refractivity contribution < 1.29 is 9.18 Å². The van der Waals surface area contributed by atoms with E-state index in [0.717, 1.165) is 5.69 Å². The number of halogens is 1. The van der Waals surface area contributed by atoms with Crippen LogP contribution in [0.1, 0.15) is 23.0 Å². The van der Waals surface area contributed by atoms with Gasteiger partial charge in [-0.05, 0) is 19.1 Å². The second kappa shape index (κ2) is 6.83. The lowest BCUT2D eigenvalue weighted by Gasteiger charge is -2.09. The highest BCUT2D eigenvalue weighted by Gasteiger charge is 2.15. The van der Waals surface area contributed by atoms with Gasteiger partial charge in [-0.25, -0.2) is 9.37 Å². The lowest BCUT2D eigenvalue weighted by molar-refractivity contribution is 0.0950. The van der Waals surface area contributed by atoms with Gasteiger partial charge >= 0.3 is 0 Å². The van der Waals surface area contributed by atoms with E-state index in [2.05, 4.69) is 20.7 Å². The lowest BCUT2D eigenvalue weighted by Crippen LogP contribution is -2.27. The van der Waals surface area contributed by atoms with Gasteiger partial charge in [0.1, 0.15) is 0 Å². The Morgan fingerprint density at radius 3 is 2.86 bits per heavy atom. The molecule has 0 radical (unpaired) electrons. The van der Waals surface area contributed by atoms with Gasteiger partial charge in [0.05, 0.1) is 5.56 Å². The molecule has 0 aliphatic carbocycles. The summed E-state index contributed by atoms with van der Waals surface area (Å²) in [6, 6.07) is 3.25. The Labute approximate surface area is 122 Å². The molecule has 2 aromatic heterocycles. The van der Waals surface area contributed by atoms with Crippen molar-refractivity contribution in [2.75, 3.05) is 18.4 Å². The van der Waals surface area contributed by atoms with Gasteiger partial charge in [0, 0.05) is 44.6 Å². The van der Waals surface area contributed by atoms with Crippen LogP contribution in [0, 0.1) is 5.82 Å². The number of carbonyl (C=O) groups is 1. The van der Waals surface area contributed by atoms with Crippen molar-refractivity contribution in [1.29, 1.82) is 0 Å². The zero-order valence-corrected chi connectivity index (χ0v) is 12.1. The lowest BCUT2D eigenvalue weighted by atomic mass is 10.2. The minimum atomic E-state index is -0.627. The van der Waals surface area contributed by atoms with Gasteiger partial charge < -0.3 is 10.6 Å². The molecule has 21 heavy (non-hydrogen) atoms. The number of rotatable bonds is 6. The van der Waals surface area contributed by atoms with Crippen LogP contribution in [0.2, 0.25) is 0 Å². The highest BCUT2D eigenvalue weighted by Crippen LogP contribution is 2.14. The minimum Gasteiger partial charge on any atom is -0.368 e. The van der Waals surface area contributed by atoms with Crippen LogP contribution in [0.3, 0.4) is 0 Å². The summed E-state index contributed by atoms with van der Waals surface area (Å²) in [4.78, 5) is 15.9. The van der Waals surface area contributed by atoms with Crippen LogP contribution in [-0.4, -0.2) is 33.8 Å². The van der Waals surface area contributed by atoms with Crippen LogP contribution in [0.5, 0.6) is 0 Å². The molecule has 6 nitrogen and oxygen atoms in total. The third kappa shape index (κ3) is 3.56. The first-order chi connectivity index (χ1) is 10.1. The topological polar surface area (TPSA) is 71.8 Å². The normalized spacial score (nSPS) is 10.4. The van der Waals surface area contributed by atoms with E-state index in [1.807, 2.05) is 20.0 Å². The number of aromatic nitrogens is 3. The first-order valence-corrected chi connectivity index (χ1v) is 6.77. The summed E-state index contributed by atoms with van der Waals surface area (Å²) in [5.41, 5.74) is 0.991. The van der Waals surface area contributed by atoms with Gasteiger partial charge in [0.15, 0.2) is 11.6 Å². The van der Waals surface area contributed by atoms with Gasteiger partial charge in [0.2, 0.25) is 0 Å². The van der Waals surface area contributed by atoms with E-state index in [-0.39, 0.29) is 11.4 Å². The van der Waals surface area contributed by atoms with Crippen molar-refractivity contribution in [3.63, 3.8) is 0 Å². The van der Waals surface area contributed by atoms with Gasteiger partial charge in [-0.3, -0.25) is 9.48 Å². The van der Waals surface area contributed by atoms with Gasteiger partial charge in [-0.2, -0.15) is 5.10 Å². The summed E-state index contributed by atoms with van der Waals surface area (Å²) in [6.45, 7) is 2.79. The molecule has 2 aromatic rings. The number of hydrogen-bond acceptors (Lipinski definition) is 4. The predicted molar refractivity (Wildman–Crippen MR) is 77.6 cm³/mol. The molecule has 1 amide bonds. The third-order valence-electron chi connectivity index (χ3n) is 3.07.